The zero-order valence-electron chi connectivity index (χ0n) is 22.2. The number of halogens is 2. The van der Waals surface area contributed by atoms with Crippen LogP contribution in [0.4, 0.5) is 8.78 Å². The molecule has 0 saturated carbocycles. The Labute approximate surface area is 214 Å². The van der Waals surface area contributed by atoms with Gasteiger partial charge in [-0.15, -0.1) is 0 Å². The lowest BCUT2D eigenvalue weighted by molar-refractivity contribution is -0.297. The largest absolute Gasteiger partial charge is 0.352 e. The van der Waals surface area contributed by atoms with Crippen molar-refractivity contribution < 1.29 is 23.0 Å². The Bertz CT molecular complexity index is 494. The number of ether oxygens (including phenoxy) is 3. The molecule has 0 aromatic rings. The van der Waals surface area contributed by atoms with Crippen LogP contribution in [0.25, 0.3) is 0 Å². The number of unbranched alkanes of at least 4 members (excludes halogenated alkanes) is 8. The summed E-state index contributed by atoms with van der Waals surface area (Å²) in [6.45, 7) is 1.19. The minimum absolute atomic E-state index is 0.150. The first-order chi connectivity index (χ1) is 17.3. The fourth-order valence-electron chi connectivity index (χ4n) is 5.14. The van der Waals surface area contributed by atoms with Crippen molar-refractivity contribution in [2.75, 3.05) is 26.6 Å². The maximum Gasteiger partial charge on any atom is 0.163 e. The van der Waals surface area contributed by atoms with Crippen LogP contribution in [0.1, 0.15) is 116 Å². The van der Waals surface area contributed by atoms with Crippen molar-refractivity contribution in [3.8, 4) is 0 Å². The normalized spacial score (nSPS) is 25.7. The lowest BCUT2D eigenvalue weighted by Gasteiger charge is -2.38. The molecule has 3 nitrogen and oxygen atoms in total. The number of rotatable bonds is 20. The summed E-state index contributed by atoms with van der Waals surface area (Å²) in [6.07, 6.45) is 27.9. The second kappa shape index (κ2) is 21.3. The molecule has 5 heteroatoms. The summed E-state index contributed by atoms with van der Waals surface area (Å²) < 4.78 is 42.9. The van der Waals surface area contributed by atoms with Gasteiger partial charge in [-0.3, -0.25) is 8.78 Å². The maximum absolute atomic E-state index is 12.1. The Morgan fingerprint density at radius 1 is 0.571 bits per heavy atom. The van der Waals surface area contributed by atoms with Gasteiger partial charge in [0, 0.05) is 25.0 Å². The van der Waals surface area contributed by atoms with E-state index >= 15 is 0 Å². The van der Waals surface area contributed by atoms with Crippen LogP contribution in [0.3, 0.4) is 0 Å². The third kappa shape index (κ3) is 14.5. The Balaban J connectivity index is 1.66. The molecule has 0 aliphatic carbocycles. The number of hydrogen-bond acceptors (Lipinski definition) is 3. The maximum atomic E-state index is 12.1. The molecule has 2 aliphatic heterocycles. The molecule has 2 heterocycles. The first-order valence-corrected chi connectivity index (χ1v) is 14.7. The van der Waals surface area contributed by atoms with Gasteiger partial charge in [0.2, 0.25) is 0 Å². The number of allylic oxidation sites excluding steroid dienone is 4. The van der Waals surface area contributed by atoms with Gasteiger partial charge in [-0.05, 0) is 89.9 Å². The minimum Gasteiger partial charge on any atom is -0.352 e. The molecule has 2 fully saturated rings. The third-order valence-corrected chi connectivity index (χ3v) is 7.29. The van der Waals surface area contributed by atoms with Crippen LogP contribution in [0.15, 0.2) is 24.3 Å². The van der Waals surface area contributed by atoms with Crippen LogP contribution < -0.4 is 0 Å². The molecular formula is C30H52F2O3. The van der Waals surface area contributed by atoms with E-state index in [1.165, 1.54) is 0 Å². The van der Waals surface area contributed by atoms with E-state index in [1.54, 1.807) is 0 Å². The lowest BCUT2D eigenvalue weighted by atomic mass is 9.93. The average molecular weight is 499 g/mol. The SMILES string of the molecule is FCCCCCC/C=C\CCC1CCCOC1OC1OCCCC1CC/C=C\CCCCCCF. The van der Waals surface area contributed by atoms with E-state index in [0.717, 1.165) is 116 Å². The Morgan fingerprint density at radius 2 is 1.00 bits per heavy atom. The van der Waals surface area contributed by atoms with Crippen molar-refractivity contribution in [3.63, 3.8) is 0 Å². The van der Waals surface area contributed by atoms with Crippen molar-refractivity contribution in [1.29, 1.82) is 0 Å². The van der Waals surface area contributed by atoms with Crippen LogP contribution in [-0.4, -0.2) is 39.1 Å². The van der Waals surface area contributed by atoms with E-state index in [0.29, 0.717) is 24.7 Å². The van der Waals surface area contributed by atoms with Gasteiger partial charge in [-0.1, -0.05) is 50.0 Å². The molecule has 35 heavy (non-hydrogen) atoms. The molecule has 2 aliphatic rings. The lowest BCUT2D eigenvalue weighted by Crippen LogP contribution is -2.41. The van der Waals surface area contributed by atoms with Gasteiger partial charge >= 0.3 is 0 Å². The van der Waals surface area contributed by atoms with Gasteiger partial charge in [0.25, 0.3) is 0 Å². The van der Waals surface area contributed by atoms with Crippen molar-refractivity contribution in [2.45, 2.75) is 128 Å². The fourth-order valence-corrected chi connectivity index (χ4v) is 5.14. The van der Waals surface area contributed by atoms with E-state index in [9.17, 15) is 8.78 Å². The molecular weight excluding hydrogens is 446 g/mol. The van der Waals surface area contributed by atoms with E-state index in [-0.39, 0.29) is 25.9 Å². The van der Waals surface area contributed by atoms with E-state index in [2.05, 4.69) is 24.3 Å². The predicted octanol–water partition coefficient (Wildman–Crippen LogP) is 9.02. The van der Waals surface area contributed by atoms with E-state index in [1.807, 2.05) is 0 Å². The van der Waals surface area contributed by atoms with Gasteiger partial charge in [-0.2, -0.15) is 0 Å². The van der Waals surface area contributed by atoms with Crippen LogP contribution in [0.2, 0.25) is 0 Å². The molecule has 0 radical (unpaired) electrons. The summed E-state index contributed by atoms with van der Waals surface area (Å²) in [7, 11) is 0. The van der Waals surface area contributed by atoms with E-state index < -0.39 is 0 Å². The smallest absolute Gasteiger partial charge is 0.163 e. The standard InChI is InChI=1S/C30H52F2O3/c31-23-15-11-7-3-1-5-9-13-19-27-21-17-25-33-29(27)35-30-28(22-18-26-34-30)20-14-10-6-2-4-8-12-16-24-32/h5-6,9-10,27-30H,1-4,7-8,11-26H2/b9-5-,10-6-. The third-order valence-electron chi connectivity index (χ3n) is 7.29. The summed E-state index contributed by atoms with van der Waals surface area (Å²) >= 11 is 0. The average Bonchev–Trinajstić information content (AvgIpc) is 2.88. The summed E-state index contributed by atoms with van der Waals surface area (Å²) in [4.78, 5) is 0. The highest BCUT2D eigenvalue weighted by molar-refractivity contribution is 4.85. The molecule has 2 rings (SSSR count). The monoisotopic (exact) mass is 498 g/mol. The van der Waals surface area contributed by atoms with Gasteiger partial charge in [0.05, 0.1) is 13.3 Å². The molecule has 0 aromatic heterocycles. The quantitative estimate of drug-likeness (QED) is 0.124. The second-order valence-corrected chi connectivity index (χ2v) is 10.3. The molecule has 4 atom stereocenters. The first-order valence-electron chi connectivity index (χ1n) is 14.7. The topological polar surface area (TPSA) is 27.7 Å². The Hall–Kier alpha value is -0.780. The van der Waals surface area contributed by atoms with Crippen molar-refractivity contribution in [2.24, 2.45) is 11.8 Å². The molecule has 204 valence electrons. The van der Waals surface area contributed by atoms with Crippen molar-refractivity contribution in [3.05, 3.63) is 24.3 Å². The Kier molecular flexibility index (Phi) is 18.5. The highest BCUT2D eigenvalue weighted by atomic mass is 19.1. The van der Waals surface area contributed by atoms with Gasteiger partial charge in [0.15, 0.2) is 12.6 Å². The van der Waals surface area contributed by atoms with Gasteiger partial charge in [-0.25, -0.2) is 0 Å². The first kappa shape index (κ1) is 30.4. The van der Waals surface area contributed by atoms with Gasteiger partial charge in [0.1, 0.15) is 0 Å². The summed E-state index contributed by atoms with van der Waals surface area (Å²) in [5.74, 6) is 0.864. The zero-order valence-corrected chi connectivity index (χ0v) is 22.2. The second-order valence-electron chi connectivity index (χ2n) is 10.3. The molecule has 0 spiro atoms. The zero-order chi connectivity index (χ0) is 24.8. The van der Waals surface area contributed by atoms with Crippen molar-refractivity contribution >= 4 is 0 Å². The van der Waals surface area contributed by atoms with E-state index in [4.69, 9.17) is 14.2 Å². The van der Waals surface area contributed by atoms with Crippen molar-refractivity contribution in [1.82, 2.24) is 0 Å². The molecule has 0 amide bonds. The number of alkyl halides is 2. The van der Waals surface area contributed by atoms with Crippen LogP contribution in [-0.2, 0) is 14.2 Å². The highest BCUT2D eigenvalue weighted by Gasteiger charge is 2.33. The van der Waals surface area contributed by atoms with Crippen LogP contribution >= 0.6 is 0 Å². The molecule has 0 aromatic carbocycles. The van der Waals surface area contributed by atoms with Crippen LogP contribution in [0, 0.1) is 11.8 Å². The minimum atomic E-state index is -0.184. The molecule has 4 unspecified atom stereocenters. The van der Waals surface area contributed by atoms with Gasteiger partial charge < -0.3 is 14.2 Å². The predicted molar refractivity (Wildman–Crippen MR) is 141 cm³/mol. The molecule has 2 saturated heterocycles. The van der Waals surface area contributed by atoms with Crippen LogP contribution in [0.5, 0.6) is 0 Å². The summed E-state index contributed by atoms with van der Waals surface area (Å²) in [5.41, 5.74) is 0. The fraction of sp³-hybridized carbons (Fsp3) is 0.867. The Morgan fingerprint density at radius 3 is 1.46 bits per heavy atom. The summed E-state index contributed by atoms with van der Waals surface area (Å²) in [5, 5.41) is 0. The molecule has 0 N–H and O–H groups in total. The summed E-state index contributed by atoms with van der Waals surface area (Å²) in [6, 6.07) is 0. The number of hydrogen-bond donors (Lipinski definition) is 0. The molecule has 0 bridgehead atoms. The highest BCUT2D eigenvalue weighted by Crippen LogP contribution is 2.32.